The first-order valence-corrected chi connectivity index (χ1v) is 9.28. The van der Waals surface area contributed by atoms with Crippen LogP contribution in [0.1, 0.15) is 38.5 Å². The highest BCUT2D eigenvalue weighted by Crippen LogP contribution is 2.07. The van der Waals surface area contributed by atoms with Crippen LogP contribution in [0, 0.1) is 24.7 Å². The van der Waals surface area contributed by atoms with E-state index >= 15 is 0 Å². The van der Waals surface area contributed by atoms with Crippen LogP contribution in [0.25, 0.3) is 0 Å². The highest BCUT2D eigenvalue weighted by Gasteiger charge is 2.16. The van der Waals surface area contributed by atoms with Crippen LogP contribution < -0.4 is 0 Å². The van der Waals surface area contributed by atoms with Crippen LogP contribution in [0.5, 0.6) is 0 Å². The first-order valence-electron chi connectivity index (χ1n) is 9.28. The van der Waals surface area contributed by atoms with Crippen molar-refractivity contribution >= 4 is 11.9 Å². The van der Waals surface area contributed by atoms with Gasteiger partial charge in [0.1, 0.15) is 13.2 Å². The minimum atomic E-state index is -0.261. The van der Waals surface area contributed by atoms with Crippen molar-refractivity contribution in [3.63, 3.8) is 0 Å². The van der Waals surface area contributed by atoms with Crippen LogP contribution in [0.15, 0.2) is 0 Å². The second-order valence-corrected chi connectivity index (χ2v) is 6.24. The summed E-state index contributed by atoms with van der Waals surface area (Å²) in [6, 6.07) is 0. The SMILES string of the molecule is C#CCCOC(=O)CCN(CCC(=O)OCCC#C)CCN1CCCC1. The Morgan fingerprint density at radius 1 is 0.885 bits per heavy atom. The Balaban J connectivity index is 2.34. The van der Waals surface area contributed by atoms with Gasteiger partial charge in [0.25, 0.3) is 0 Å². The molecule has 1 saturated heterocycles. The first kappa shape index (κ1) is 22.0. The number of hydrogen-bond donors (Lipinski definition) is 0. The molecular formula is C20H30N2O4. The van der Waals surface area contributed by atoms with Crippen molar-refractivity contribution in [3.05, 3.63) is 0 Å². The summed E-state index contributed by atoms with van der Waals surface area (Å²) in [6.07, 6.45) is 14.2. The fourth-order valence-corrected chi connectivity index (χ4v) is 2.72. The standard InChI is InChI=1S/C20H30N2O4/c1-3-5-17-25-19(23)9-13-22(16-15-21-11-7-8-12-21)14-10-20(24)26-18-6-4-2/h1-2H,5-18H2. The molecule has 0 aromatic heterocycles. The molecule has 0 atom stereocenters. The third-order valence-corrected chi connectivity index (χ3v) is 4.21. The monoisotopic (exact) mass is 362 g/mol. The van der Waals surface area contributed by atoms with E-state index < -0.39 is 0 Å². The van der Waals surface area contributed by atoms with Crippen LogP contribution in [0.2, 0.25) is 0 Å². The molecule has 1 heterocycles. The van der Waals surface area contributed by atoms with E-state index in [2.05, 4.69) is 21.6 Å². The van der Waals surface area contributed by atoms with Crippen molar-refractivity contribution in [2.45, 2.75) is 38.5 Å². The number of hydrogen-bond acceptors (Lipinski definition) is 6. The van der Waals surface area contributed by atoms with Gasteiger partial charge in [0, 0.05) is 39.0 Å². The van der Waals surface area contributed by atoms with E-state index in [-0.39, 0.29) is 38.0 Å². The van der Waals surface area contributed by atoms with Crippen molar-refractivity contribution in [3.8, 4) is 24.7 Å². The number of carbonyl (C=O) groups is 2. The fraction of sp³-hybridized carbons (Fsp3) is 0.700. The second kappa shape index (κ2) is 14.2. The van der Waals surface area contributed by atoms with Crippen LogP contribution >= 0.6 is 0 Å². The summed E-state index contributed by atoms with van der Waals surface area (Å²) in [5.41, 5.74) is 0. The van der Waals surface area contributed by atoms with E-state index in [1.54, 1.807) is 0 Å². The van der Waals surface area contributed by atoms with E-state index in [0.29, 0.717) is 25.9 Å². The molecule has 0 amide bonds. The number of rotatable bonds is 13. The minimum Gasteiger partial charge on any atom is -0.465 e. The van der Waals surface area contributed by atoms with Crippen molar-refractivity contribution in [2.75, 3.05) is 52.5 Å². The lowest BCUT2D eigenvalue weighted by atomic mass is 10.3. The quantitative estimate of drug-likeness (QED) is 0.280. The minimum absolute atomic E-state index is 0.255. The van der Waals surface area contributed by atoms with E-state index in [1.807, 2.05) is 0 Å². The predicted octanol–water partition coefficient (Wildman–Crippen LogP) is 1.30. The molecule has 0 aromatic carbocycles. The molecule has 0 unspecified atom stereocenters. The highest BCUT2D eigenvalue weighted by atomic mass is 16.5. The Morgan fingerprint density at radius 2 is 1.38 bits per heavy atom. The van der Waals surface area contributed by atoms with Crippen molar-refractivity contribution in [2.24, 2.45) is 0 Å². The van der Waals surface area contributed by atoms with Gasteiger partial charge in [-0.05, 0) is 25.9 Å². The predicted molar refractivity (Wildman–Crippen MR) is 100 cm³/mol. The van der Waals surface area contributed by atoms with Gasteiger partial charge in [-0.15, -0.1) is 24.7 Å². The number of terminal acetylenes is 2. The summed E-state index contributed by atoms with van der Waals surface area (Å²) in [5.74, 6) is 4.35. The summed E-state index contributed by atoms with van der Waals surface area (Å²) in [5, 5.41) is 0. The maximum absolute atomic E-state index is 11.8. The molecule has 0 spiro atoms. The van der Waals surface area contributed by atoms with Gasteiger partial charge in [0.05, 0.1) is 12.8 Å². The number of ether oxygens (including phenoxy) is 2. The van der Waals surface area contributed by atoms with Crippen LogP contribution in [-0.4, -0.2) is 74.2 Å². The Morgan fingerprint density at radius 3 is 1.85 bits per heavy atom. The zero-order chi connectivity index (χ0) is 19.0. The molecule has 0 N–H and O–H groups in total. The number of carbonyl (C=O) groups excluding carboxylic acids is 2. The number of esters is 2. The van der Waals surface area contributed by atoms with Crippen molar-refractivity contribution in [1.29, 1.82) is 0 Å². The van der Waals surface area contributed by atoms with Crippen LogP contribution in [0.4, 0.5) is 0 Å². The van der Waals surface area contributed by atoms with Gasteiger partial charge in [0.2, 0.25) is 0 Å². The molecule has 1 rings (SSSR count). The molecule has 1 aliphatic rings. The fourth-order valence-electron chi connectivity index (χ4n) is 2.72. The summed E-state index contributed by atoms with van der Waals surface area (Å²) >= 11 is 0. The lowest BCUT2D eigenvalue weighted by Crippen LogP contribution is -2.36. The molecule has 1 fully saturated rings. The molecular weight excluding hydrogens is 332 g/mol. The summed E-state index contributed by atoms with van der Waals surface area (Å²) in [7, 11) is 0. The molecule has 6 heteroatoms. The van der Waals surface area contributed by atoms with Gasteiger partial charge in [-0.25, -0.2) is 0 Å². The van der Waals surface area contributed by atoms with E-state index in [1.165, 1.54) is 12.8 Å². The van der Waals surface area contributed by atoms with E-state index in [9.17, 15) is 9.59 Å². The first-order chi connectivity index (χ1) is 12.7. The van der Waals surface area contributed by atoms with Gasteiger partial charge in [-0.1, -0.05) is 0 Å². The van der Waals surface area contributed by atoms with E-state index in [4.69, 9.17) is 22.3 Å². The Labute approximate surface area is 157 Å². The van der Waals surface area contributed by atoms with Crippen molar-refractivity contribution in [1.82, 2.24) is 9.80 Å². The average Bonchev–Trinajstić information content (AvgIpc) is 3.15. The Bertz CT molecular complexity index is 465. The van der Waals surface area contributed by atoms with Gasteiger partial charge < -0.3 is 19.3 Å². The lowest BCUT2D eigenvalue weighted by molar-refractivity contribution is -0.143. The average molecular weight is 362 g/mol. The number of likely N-dealkylation sites (tertiary alicyclic amines) is 1. The van der Waals surface area contributed by atoms with Gasteiger partial charge in [-0.3, -0.25) is 9.59 Å². The maximum atomic E-state index is 11.8. The zero-order valence-corrected chi connectivity index (χ0v) is 15.6. The molecule has 0 aromatic rings. The third kappa shape index (κ3) is 10.8. The third-order valence-electron chi connectivity index (χ3n) is 4.21. The van der Waals surface area contributed by atoms with Gasteiger partial charge in [0.15, 0.2) is 0 Å². The summed E-state index contributed by atoms with van der Waals surface area (Å²) in [4.78, 5) is 28.0. The summed E-state index contributed by atoms with van der Waals surface area (Å²) in [6.45, 7) is 5.62. The molecule has 26 heavy (non-hydrogen) atoms. The Hall–Kier alpha value is -2.02. The van der Waals surface area contributed by atoms with Crippen LogP contribution in [-0.2, 0) is 19.1 Å². The zero-order valence-electron chi connectivity index (χ0n) is 15.6. The topological polar surface area (TPSA) is 59.1 Å². The number of nitrogens with zero attached hydrogens (tertiary/aromatic N) is 2. The molecule has 0 saturated carbocycles. The van der Waals surface area contributed by atoms with Gasteiger partial charge >= 0.3 is 11.9 Å². The second-order valence-electron chi connectivity index (χ2n) is 6.24. The Kier molecular flexibility index (Phi) is 12.0. The van der Waals surface area contributed by atoms with Crippen molar-refractivity contribution < 1.29 is 19.1 Å². The largest absolute Gasteiger partial charge is 0.465 e. The molecule has 1 aliphatic heterocycles. The molecule has 0 radical (unpaired) electrons. The summed E-state index contributed by atoms with van der Waals surface area (Å²) < 4.78 is 10.1. The van der Waals surface area contributed by atoms with E-state index in [0.717, 1.165) is 26.2 Å². The molecule has 0 aliphatic carbocycles. The highest BCUT2D eigenvalue weighted by molar-refractivity contribution is 5.70. The molecule has 6 nitrogen and oxygen atoms in total. The maximum Gasteiger partial charge on any atom is 0.307 e. The lowest BCUT2D eigenvalue weighted by Gasteiger charge is -2.24. The normalized spacial score (nSPS) is 14.0. The van der Waals surface area contributed by atoms with Crippen LogP contribution in [0.3, 0.4) is 0 Å². The molecule has 144 valence electrons. The smallest absolute Gasteiger partial charge is 0.307 e. The van der Waals surface area contributed by atoms with Gasteiger partial charge in [-0.2, -0.15) is 0 Å². The molecule has 0 bridgehead atoms.